The number of hydrogen-bond acceptors (Lipinski definition) is 3. The van der Waals surface area contributed by atoms with E-state index in [0.717, 1.165) is 0 Å². The standard InChI is InChI=1S/C7H12N2O3/c1-3-9-6(12-4-2)5(10)8-7(9)11/h10H,3-4H2,1-2H3,(H,8,11). The van der Waals surface area contributed by atoms with Gasteiger partial charge in [-0.05, 0) is 13.8 Å². The molecule has 0 aliphatic carbocycles. The van der Waals surface area contributed by atoms with Crippen molar-refractivity contribution in [2.24, 2.45) is 0 Å². The summed E-state index contributed by atoms with van der Waals surface area (Å²) in [7, 11) is 0. The summed E-state index contributed by atoms with van der Waals surface area (Å²) in [5, 5.41) is 9.17. The van der Waals surface area contributed by atoms with Gasteiger partial charge in [0.05, 0.1) is 6.61 Å². The minimum Gasteiger partial charge on any atom is -0.491 e. The Bertz CT molecular complexity index is 313. The van der Waals surface area contributed by atoms with E-state index in [1.165, 1.54) is 4.57 Å². The predicted molar refractivity (Wildman–Crippen MR) is 43.6 cm³/mol. The zero-order valence-corrected chi connectivity index (χ0v) is 7.13. The van der Waals surface area contributed by atoms with Crippen LogP contribution in [0.4, 0.5) is 0 Å². The van der Waals surface area contributed by atoms with Crippen molar-refractivity contribution in [3.8, 4) is 11.8 Å². The third-order valence-corrected chi connectivity index (χ3v) is 1.52. The molecule has 5 heteroatoms. The third-order valence-electron chi connectivity index (χ3n) is 1.52. The lowest BCUT2D eigenvalue weighted by Crippen LogP contribution is -2.16. The van der Waals surface area contributed by atoms with Gasteiger partial charge in [0.25, 0.3) is 11.8 Å². The molecule has 0 amide bonds. The van der Waals surface area contributed by atoms with Crippen LogP contribution in [-0.4, -0.2) is 21.3 Å². The van der Waals surface area contributed by atoms with E-state index in [1.54, 1.807) is 13.8 Å². The van der Waals surface area contributed by atoms with Crippen molar-refractivity contribution < 1.29 is 9.84 Å². The SMILES string of the molecule is CCOc1c(O)[nH]c(=O)n1CC. The molecule has 0 aliphatic heterocycles. The van der Waals surface area contributed by atoms with Gasteiger partial charge < -0.3 is 9.84 Å². The number of aromatic amines is 1. The molecular weight excluding hydrogens is 160 g/mol. The maximum absolute atomic E-state index is 11.0. The molecule has 0 radical (unpaired) electrons. The summed E-state index contributed by atoms with van der Waals surface area (Å²) in [6.07, 6.45) is 0. The van der Waals surface area contributed by atoms with Crippen molar-refractivity contribution in [1.82, 2.24) is 9.55 Å². The molecule has 0 atom stereocenters. The molecular formula is C7H12N2O3. The smallest absolute Gasteiger partial charge is 0.331 e. The number of ether oxygens (including phenoxy) is 1. The van der Waals surface area contributed by atoms with Gasteiger partial charge in [-0.2, -0.15) is 0 Å². The summed E-state index contributed by atoms with van der Waals surface area (Å²) in [6, 6.07) is 0. The van der Waals surface area contributed by atoms with Crippen molar-refractivity contribution in [2.75, 3.05) is 6.61 Å². The number of aromatic nitrogens is 2. The Morgan fingerprint density at radius 3 is 2.75 bits per heavy atom. The van der Waals surface area contributed by atoms with Crippen molar-refractivity contribution in [3.05, 3.63) is 10.5 Å². The van der Waals surface area contributed by atoms with Crippen LogP contribution >= 0.6 is 0 Å². The predicted octanol–water partition coefficient (Wildman–Crippen LogP) is 0.301. The van der Waals surface area contributed by atoms with Crippen molar-refractivity contribution >= 4 is 0 Å². The molecule has 0 aromatic carbocycles. The van der Waals surface area contributed by atoms with Gasteiger partial charge in [0.1, 0.15) is 0 Å². The van der Waals surface area contributed by atoms with Crippen LogP contribution in [0.2, 0.25) is 0 Å². The van der Waals surface area contributed by atoms with Crippen LogP contribution in [0, 0.1) is 0 Å². The molecule has 1 aromatic rings. The molecule has 0 bridgehead atoms. The zero-order chi connectivity index (χ0) is 9.14. The summed E-state index contributed by atoms with van der Waals surface area (Å²) in [5.41, 5.74) is -0.349. The molecule has 1 aromatic heterocycles. The molecule has 1 heterocycles. The number of nitrogens with zero attached hydrogens (tertiary/aromatic N) is 1. The maximum Gasteiger partial charge on any atom is 0.331 e. The van der Waals surface area contributed by atoms with E-state index in [-0.39, 0.29) is 17.4 Å². The van der Waals surface area contributed by atoms with Crippen LogP contribution in [0.25, 0.3) is 0 Å². The van der Waals surface area contributed by atoms with Crippen LogP contribution in [-0.2, 0) is 6.54 Å². The molecule has 0 spiro atoms. The van der Waals surface area contributed by atoms with Crippen molar-refractivity contribution in [3.63, 3.8) is 0 Å². The van der Waals surface area contributed by atoms with Gasteiger partial charge >= 0.3 is 5.69 Å². The molecule has 0 aliphatic rings. The van der Waals surface area contributed by atoms with Crippen LogP contribution in [0.1, 0.15) is 13.8 Å². The second-order valence-electron chi connectivity index (χ2n) is 2.26. The molecule has 12 heavy (non-hydrogen) atoms. The summed E-state index contributed by atoms with van der Waals surface area (Å²) in [6.45, 7) is 4.49. The molecule has 5 nitrogen and oxygen atoms in total. The minimum absolute atomic E-state index is 0.205. The van der Waals surface area contributed by atoms with Gasteiger partial charge in [0.2, 0.25) is 0 Å². The first-order chi connectivity index (χ1) is 5.70. The van der Waals surface area contributed by atoms with Crippen molar-refractivity contribution in [2.45, 2.75) is 20.4 Å². The second-order valence-corrected chi connectivity index (χ2v) is 2.26. The van der Waals surface area contributed by atoms with Crippen LogP contribution in [0.15, 0.2) is 4.79 Å². The normalized spacial score (nSPS) is 10.2. The summed E-state index contributed by atoms with van der Waals surface area (Å²) < 4.78 is 6.39. The molecule has 0 unspecified atom stereocenters. The Morgan fingerprint density at radius 1 is 1.58 bits per heavy atom. The number of imidazole rings is 1. The average Bonchev–Trinajstić information content (AvgIpc) is 2.28. The molecule has 0 saturated heterocycles. The highest BCUT2D eigenvalue weighted by Crippen LogP contribution is 2.20. The summed E-state index contributed by atoms with van der Waals surface area (Å²) >= 11 is 0. The first kappa shape index (κ1) is 8.70. The van der Waals surface area contributed by atoms with Gasteiger partial charge in [-0.15, -0.1) is 0 Å². The zero-order valence-electron chi connectivity index (χ0n) is 7.13. The lowest BCUT2D eigenvalue weighted by molar-refractivity contribution is 0.290. The number of hydrogen-bond donors (Lipinski definition) is 2. The van der Waals surface area contributed by atoms with Gasteiger partial charge in [0.15, 0.2) is 0 Å². The van der Waals surface area contributed by atoms with Crippen LogP contribution in [0.5, 0.6) is 11.8 Å². The molecule has 68 valence electrons. The Kier molecular flexibility index (Phi) is 2.42. The van der Waals surface area contributed by atoms with Gasteiger partial charge in [-0.25, -0.2) is 4.79 Å². The van der Waals surface area contributed by atoms with Crippen LogP contribution in [0.3, 0.4) is 0 Å². The number of aromatic hydroxyl groups is 1. The van der Waals surface area contributed by atoms with E-state index in [9.17, 15) is 9.90 Å². The van der Waals surface area contributed by atoms with E-state index < -0.39 is 0 Å². The Balaban J connectivity index is 3.13. The van der Waals surface area contributed by atoms with Gasteiger partial charge in [-0.1, -0.05) is 0 Å². The second kappa shape index (κ2) is 3.34. The maximum atomic E-state index is 11.0. The highest BCUT2D eigenvalue weighted by molar-refractivity contribution is 5.24. The fourth-order valence-electron chi connectivity index (χ4n) is 1.01. The Labute approximate surface area is 69.6 Å². The lowest BCUT2D eigenvalue weighted by atomic mass is 10.6. The van der Waals surface area contributed by atoms with E-state index in [4.69, 9.17) is 4.74 Å². The van der Waals surface area contributed by atoms with Crippen LogP contribution < -0.4 is 10.4 Å². The monoisotopic (exact) mass is 172 g/mol. The number of nitrogens with one attached hydrogen (secondary N) is 1. The Morgan fingerprint density at radius 2 is 2.25 bits per heavy atom. The van der Waals surface area contributed by atoms with E-state index in [2.05, 4.69) is 4.98 Å². The quantitative estimate of drug-likeness (QED) is 0.689. The highest BCUT2D eigenvalue weighted by atomic mass is 16.5. The largest absolute Gasteiger partial charge is 0.491 e. The van der Waals surface area contributed by atoms with E-state index >= 15 is 0 Å². The molecule has 2 N–H and O–H groups in total. The molecule has 0 fully saturated rings. The van der Waals surface area contributed by atoms with Gasteiger partial charge in [-0.3, -0.25) is 9.55 Å². The molecule has 0 saturated carbocycles. The molecule has 1 rings (SSSR count). The summed E-state index contributed by atoms with van der Waals surface area (Å²) in [4.78, 5) is 13.3. The highest BCUT2D eigenvalue weighted by Gasteiger charge is 2.11. The average molecular weight is 172 g/mol. The van der Waals surface area contributed by atoms with Gasteiger partial charge in [0, 0.05) is 6.54 Å². The van der Waals surface area contributed by atoms with Crippen molar-refractivity contribution in [1.29, 1.82) is 0 Å². The van der Waals surface area contributed by atoms with E-state index in [0.29, 0.717) is 13.2 Å². The lowest BCUT2D eigenvalue weighted by Gasteiger charge is -2.03. The Hall–Kier alpha value is -1.39. The topological polar surface area (TPSA) is 67.2 Å². The fourth-order valence-corrected chi connectivity index (χ4v) is 1.01. The van der Waals surface area contributed by atoms with E-state index in [1.807, 2.05) is 0 Å². The first-order valence-corrected chi connectivity index (χ1v) is 3.85. The third kappa shape index (κ3) is 1.30. The number of H-pyrrole nitrogens is 1. The minimum atomic E-state index is -0.349. The number of rotatable bonds is 3. The first-order valence-electron chi connectivity index (χ1n) is 3.85. The summed E-state index contributed by atoms with van der Waals surface area (Å²) in [5.74, 6) is 0.00806. The fraction of sp³-hybridized carbons (Fsp3) is 0.571.